The molecule has 2 rings (SSSR count). The van der Waals surface area contributed by atoms with E-state index in [9.17, 15) is 4.79 Å². The monoisotopic (exact) mass is 287 g/mol. The van der Waals surface area contributed by atoms with Crippen LogP contribution in [0, 0.1) is 0 Å². The second kappa shape index (κ2) is 5.67. The van der Waals surface area contributed by atoms with Crippen LogP contribution in [0.5, 0.6) is 0 Å². The van der Waals surface area contributed by atoms with Crippen LogP contribution in [0.2, 0.25) is 0 Å². The molecule has 0 radical (unpaired) electrons. The molecule has 1 aromatic carbocycles. The molecule has 1 aromatic heterocycles. The minimum atomic E-state index is -1.00. The van der Waals surface area contributed by atoms with E-state index in [1.807, 2.05) is 18.2 Å². The zero-order valence-corrected chi connectivity index (χ0v) is 12.6. The predicted molar refractivity (Wildman–Crippen MR) is 80.5 cm³/mol. The first-order chi connectivity index (χ1) is 9.36. The van der Waals surface area contributed by atoms with E-state index in [1.165, 1.54) is 23.4 Å². The maximum atomic E-state index is 10.9. The molecular formula is C16H17NO2S. The van der Waals surface area contributed by atoms with Gasteiger partial charge in [-0.25, -0.2) is 9.78 Å². The Kier molecular flexibility index (Phi) is 4.14. The van der Waals surface area contributed by atoms with Crippen molar-refractivity contribution in [3.63, 3.8) is 0 Å². The van der Waals surface area contributed by atoms with E-state index in [-0.39, 0.29) is 11.1 Å². The highest BCUT2D eigenvalue weighted by atomic mass is 32.2. The number of carboxylic acid groups (broad SMARTS) is 1. The van der Waals surface area contributed by atoms with Crippen molar-refractivity contribution in [2.75, 3.05) is 0 Å². The number of rotatable bonds is 3. The summed E-state index contributed by atoms with van der Waals surface area (Å²) in [6, 6.07) is 13.3. The summed E-state index contributed by atoms with van der Waals surface area (Å²) in [6.07, 6.45) is 0. The van der Waals surface area contributed by atoms with Crippen molar-refractivity contribution in [1.29, 1.82) is 0 Å². The average Bonchev–Trinajstić information content (AvgIpc) is 2.38. The molecule has 0 fully saturated rings. The normalized spacial score (nSPS) is 11.3. The summed E-state index contributed by atoms with van der Waals surface area (Å²) in [5.41, 5.74) is 1.47. The number of nitrogens with zero attached hydrogens (tertiary/aromatic N) is 1. The summed E-state index contributed by atoms with van der Waals surface area (Å²) in [5, 5.41) is 9.62. The Labute approximate surface area is 123 Å². The van der Waals surface area contributed by atoms with Crippen LogP contribution >= 0.6 is 11.8 Å². The van der Waals surface area contributed by atoms with Crippen LogP contribution in [-0.2, 0) is 5.41 Å². The van der Waals surface area contributed by atoms with Crippen LogP contribution in [0.4, 0.5) is 0 Å². The summed E-state index contributed by atoms with van der Waals surface area (Å²) >= 11 is 1.46. The number of benzene rings is 1. The highest BCUT2D eigenvalue weighted by Crippen LogP contribution is 2.29. The molecule has 20 heavy (non-hydrogen) atoms. The number of hydrogen-bond donors (Lipinski definition) is 1. The lowest BCUT2D eigenvalue weighted by Gasteiger charge is -2.18. The summed E-state index contributed by atoms with van der Waals surface area (Å²) in [5.74, 6) is -1.00. The fourth-order valence-corrected chi connectivity index (χ4v) is 2.54. The molecule has 3 nitrogen and oxygen atoms in total. The Morgan fingerprint density at radius 1 is 1.10 bits per heavy atom. The third-order valence-electron chi connectivity index (χ3n) is 2.89. The molecule has 0 atom stereocenters. The van der Waals surface area contributed by atoms with Crippen molar-refractivity contribution in [3.8, 4) is 0 Å². The van der Waals surface area contributed by atoms with Crippen molar-refractivity contribution in [2.24, 2.45) is 0 Å². The smallest absolute Gasteiger partial charge is 0.354 e. The number of carboxylic acids is 1. The van der Waals surface area contributed by atoms with Gasteiger partial charge in [-0.2, -0.15) is 0 Å². The average molecular weight is 287 g/mol. The van der Waals surface area contributed by atoms with Crippen LogP contribution in [0.1, 0.15) is 36.8 Å². The molecule has 0 saturated carbocycles. The summed E-state index contributed by atoms with van der Waals surface area (Å²) in [7, 11) is 0. The second-order valence-electron chi connectivity index (χ2n) is 5.54. The van der Waals surface area contributed by atoms with Crippen molar-refractivity contribution < 1.29 is 9.90 Å². The van der Waals surface area contributed by atoms with Gasteiger partial charge in [0.05, 0.1) is 0 Å². The highest BCUT2D eigenvalue weighted by molar-refractivity contribution is 7.99. The van der Waals surface area contributed by atoms with Crippen LogP contribution < -0.4 is 0 Å². The lowest BCUT2D eigenvalue weighted by atomic mass is 9.87. The van der Waals surface area contributed by atoms with Crippen LogP contribution in [0.25, 0.3) is 0 Å². The van der Waals surface area contributed by atoms with Crippen molar-refractivity contribution in [2.45, 2.75) is 36.1 Å². The van der Waals surface area contributed by atoms with E-state index in [2.05, 4.69) is 37.9 Å². The third-order valence-corrected chi connectivity index (χ3v) is 3.83. The summed E-state index contributed by atoms with van der Waals surface area (Å²) in [6.45, 7) is 6.52. The van der Waals surface area contributed by atoms with Crippen molar-refractivity contribution in [1.82, 2.24) is 4.98 Å². The lowest BCUT2D eigenvalue weighted by molar-refractivity contribution is 0.0689. The third kappa shape index (κ3) is 3.61. The minimum Gasteiger partial charge on any atom is -0.477 e. The predicted octanol–water partition coefficient (Wildman–Crippen LogP) is 4.23. The second-order valence-corrected chi connectivity index (χ2v) is 6.64. The molecule has 0 bridgehead atoms. The standard InChI is InChI=1S/C16H17NO2S/c1-16(2,3)11-7-9-12(10-8-11)20-14-6-4-5-13(17-14)15(18)19/h4-10H,1-3H3,(H,18,19). The Morgan fingerprint density at radius 2 is 1.75 bits per heavy atom. The van der Waals surface area contributed by atoms with Crippen LogP contribution in [0.3, 0.4) is 0 Å². The first kappa shape index (κ1) is 14.6. The van der Waals surface area contributed by atoms with E-state index in [4.69, 9.17) is 5.11 Å². The van der Waals surface area contributed by atoms with E-state index in [0.717, 1.165) is 4.90 Å². The molecule has 1 N–H and O–H groups in total. The Hall–Kier alpha value is -1.81. The fraction of sp³-hybridized carbons (Fsp3) is 0.250. The van der Waals surface area contributed by atoms with Gasteiger partial charge < -0.3 is 5.11 Å². The van der Waals surface area contributed by atoms with Gasteiger partial charge >= 0.3 is 5.97 Å². The van der Waals surface area contributed by atoms with E-state index in [1.54, 1.807) is 6.07 Å². The number of hydrogen-bond acceptors (Lipinski definition) is 3. The van der Waals surface area contributed by atoms with Gasteiger partial charge in [0.15, 0.2) is 0 Å². The maximum absolute atomic E-state index is 10.9. The molecule has 0 aliphatic carbocycles. The quantitative estimate of drug-likeness (QED) is 0.918. The van der Waals surface area contributed by atoms with Gasteiger partial charge in [0.1, 0.15) is 10.7 Å². The molecule has 0 aliphatic heterocycles. The van der Waals surface area contributed by atoms with Crippen molar-refractivity contribution >= 4 is 17.7 Å². The first-order valence-electron chi connectivity index (χ1n) is 6.35. The van der Waals surface area contributed by atoms with E-state index >= 15 is 0 Å². The Balaban J connectivity index is 2.18. The summed E-state index contributed by atoms with van der Waals surface area (Å²) < 4.78 is 0. The van der Waals surface area contributed by atoms with Crippen molar-refractivity contribution in [3.05, 3.63) is 53.7 Å². The number of carbonyl (C=O) groups is 1. The van der Waals surface area contributed by atoms with Gasteiger partial charge in [-0.3, -0.25) is 0 Å². The van der Waals surface area contributed by atoms with Gasteiger partial charge in [-0.05, 0) is 35.2 Å². The molecular weight excluding hydrogens is 270 g/mol. The largest absolute Gasteiger partial charge is 0.477 e. The number of pyridine rings is 1. The molecule has 2 aromatic rings. The summed E-state index contributed by atoms with van der Waals surface area (Å²) in [4.78, 5) is 16.0. The Bertz CT molecular complexity index is 615. The number of aromatic nitrogens is 1. The van der Waals surface area contributed by atoms with E-state index in [0.29, 0.717) is 5.03 Å². The molecule has 0 spiro atoms. The van der Waals surface area contributed by atoms with Crippen LogP contribution in [0.15, 0.2) is 52.4 Å². The van der Waals surface area contributed by atoms with Gasteiger partial charge in [-0.1, -0.05) is 50.7 Å². The van der Waals surface area contributed by atoms with Gasteiger partial charge in [-0.15, -0.1) is 0 Å². The Morgan fingerprint density at radius 3 is 2.30 bits per heavy atom. The topological polar surface area (TPSA) is 50.2 Å². The first-order valence-corrected chi connectivity index (χ1v) is 7.17. The molecule has 0 amide bonds. The minimum absolute atomic E-state index is 0.0707. The van der Waals surface area contributed by atoms with Gasteiger partial charge in [0.2, 0.25) is 0 Å². The molecule has 4 heteroatoms. The molecule has 1 heterocycles. The molecule has 0 aliphatic rings. The fourth-order valence-electron chi connectivity index (χ4n) is 1.73. The number of aromatic carboxylic acids is 1. The molecule has 0 saturated heterocycles. The maximum Gasteiger partial charge on any atom is 0.354 e. The lowest BCUT2D eigenvalue weighted by Crippen LogP contribution is -2.10. The SMILES string of the molecule is CC(C)(C)c1ccc(Sc2cccc(C(=O)O)n2)cc1. The van der Waals surface area contributed by atoms with Gasteiger partial charge in [0.25, 0.3) is 0 Å². The van der Waals surface area contributed by atoms with Gasteiger partial charge in [0, 0.05) is 4.90 Å². The zero-order chi connectivity index (χ0) is 14.8. The van der Waals surface area contributed by atoms with Crippen LogP contribution in [-0.4, -0.2) is 16.1 Å². The zero-order valence-electron chi connectivity index (χ0n) is 11.8. The van der Waals surface area contributed by atoms with E-state index < -0.39 is 5.97 Å². The molecule has 0 unspecified atom stereocenters. The molecule has 104 valence electrons. The highest BCUT2D eigenvalue weighted by Gasteiger charge is 2.13.